The van der Waals surface area contributed by atoms with E-state index in [2.05, 4.69) is 31.1 Å². The number of halogens is 2. The second kappa shape index (κ2) is 3.59. The fourth-order valence-corrected chi connectivity index (χ4v) is 1.69. The van der Waals surface area contributed by atoms with E-state index >= 15 is 0 Å². The summed E-state index contributed by atoms with van der Waals surface area (Å²) >= 11 is 9.14. The summed E-state index contributed by atoms with van der Waals surface area (Å²) < 4.78 is 0.817. The van der Waals surface area contributed by atoms with Crippen molar-refractivity contribution in [2.75, 3.05) is 5.73 Å². The largest absolute Gasteiger partial charge is 0.396 e. The maximum absolute atomic E-state index is 5.78. The van der Waals surface area contributed by atoms with E-state index in [9.17, 15) is 0 Å². The lowest BCUT2D eigenvalue weighted by Crippen LogP contribution is -1.89. The molecule has 0 amide bonds. The van der Waals surface area contributed by atoms with Gasteiger partial charge in [0.15, 0.2) is 0 Å². The lowest BCUT2D eigenvalue weighted by Gasteiger charge is -2.02. The molecule has 0 atom stereocenters. The molecule has 0 aliphatic rings. The Hall–Kier alpha value is -1.07. The van der Waals surface area contributed by atoms with Gasteiger partial charge in [-0.3, -0.25) is 5.10 Å². The fraction of sp³-hybridized carbons (Fsp3) is 0. The van der Waals surface area contributed by atoms with Gasteiger partial charge in [0.2, 0.25) is 0 Å². The van der Waals surface area contributed by atoms with E-state index < -0.39 is 0 Å². The van der Waals surface area contributed by atoms with Crippen LogP contribution in [0.3, 0.4) is 0 Å². The van der Waals surface area contributed by atoms with E-state index in [0.29, 0.717) is 10.8 Å². The van der Waals surface area contributed by atoms with Crippen molar-refractivity contribution in [3.05, 3.63) is 28.1 Å². The van der Waals surface area contributed by atoms with Gasteiger partial charge in [0, 0.05) is 16.2 Å². The molecule has 6 heteroatoms. The Balaban J connectivity index is 2.62. The molecule has 0 spiro atoms. The van der Waals surface area contributed by atoms with Gasteiger partial charge in [-0.1, -0.05) is 11.6 Å². The Kier molecular flexibility index (Phi) is 2.43. The molecule has 2 rings (SSSR count). The third kappa shape index (κ3) is 1.60. The van der Waals surface area contributed by atoms with E-state index in [1.165, 1.54) is 0 Å². The average molecular weight is 274 g/mol. The summed E-state index contributed by atoms with van der Waals surface area (Å²) in [5, 5.41) is 7.05. The molecule has 0 aliphatic carbocycles. The van der Waals surface area contributed by atoms with Crippen LogP contribution in [0.5, 0.6) is 0 Å². The first kappa shape index (κ1) is 9.48. The summed E-state index contributed by atoms with van der Waals surface area (Å²) in [6, 6.07) is 1.72. The summed E-state index contributed by atoms with van der Waals surface area (Å²) in [5.41, 5.74) is 7.87. The number of aromatic nitrogens is 3. The molecule has 0 fully saturated rings. The maximum atomic E-state index is 5.78. The minimum atomic E-state index is 0.414. The van der Waals surface area contributed by atoms with Crippen molar-refractivity contribution in [2.45, 2.75) is 0 Å². The van der Waals surface area contributed by atoms with Crippen LogP contribution < -0.4 is 5.73 Å². The Bertz CT molecular complexity index is 468. The van der Waals surface area contributed by atoms with E-state index in [1.54, 1.807) is 18.5 Å². The molecule has 0 saturated heterocycles. The van der Waals surface area contributed by atoms with Crippen LogP contribution in [0.25, 0.3) is 11.3 Å². The first-order valence-electron chi connectivity index (χ1n) is 3.78. The second-order valence-electron chi connectivity index (χ2n) is 2.69. The van der Waals surface area contributed by atoms with Crippen molar-refractivity contribution in [3.63, 3.8) is 0 Å². The van der Waals surface area contributed by atoms with Gasteiger partial charge in [-0.2, -0.15) is 5.10 Å². The highest BCUT2D eigenvalue weighted by molar-refractivity contribution is 9.10. The minimum Gasteiger partial charge on any atom is -0.396 e. The molecular weight excluding hydrogens is 267 g/mol. The van der Waals surface area contributed by atoms with Crippen LogP contribution in [0.4, 0.5) is 5.69 Å². The van der Waals surface area contributed by atoms with Gasteiger partial charge in [-0.05, 0) is 22.0 Å². The zero-order valence-electron chi connectivity index (χ0n) is 6.96. The standard InChI is InChI=1S/C8H6BrClN4/c9-5-2-12-7(10)1-4(5)8-6(11)3-13-14-8/h1-3H,11H2,(H,13,14). The Morgan fingerprint density at radius 3 is 2.86 bits per heavy atom. The van der Waals surface area contributed by atoms with Crippen molar-refractivity contribution in [3.8, 4) is 11.3 Å². The first-order valence-corrected chi connectivity index (χ1v) is 4.96. The van der Waals surface area contributed by atoms with Gasteiger partial charge in [-0.15, -0.1) is 0 Å². The number of nitrogens with two attached hydrogens (primary N) is 1. The van der Waals surface area contributed by atoms with Crippen molar-refractivity contribution < 1.29 is 0 Å². The number of rotatable bonds is 1. The highest BCUT2D eigenvalue weighted by Gasteiger charge is 2.09. The number of pyridine rings is 1. The quantitative estimate of drug-likeness (QED) is 0.784. The number of H-pyrrole nitrogens is 1. The van der Waals surface area contributed by atoms with Crippen molar-refractivity contribution in [2.24, 2.45) is 0 Å². The van der Waals surface area contributed by atoms with Crippen LogP contribution in [-0.2, 0) is 0 Å². The van der Waals surface area contributed by atoms with E-state index in [1.807, 2.05) is 0 Å². The number of aromatic amines is 1. The number of hydrogen-bond acceptors (Lipinski definition) is 3. The molecule has 0 aliphatic heterocycles. The number of anilines is 1. The zero-order valence-corrected chi connectivity index (χ0v) is 9.30. The molecule has 0 bridgehead atoms. The van der Waals surface area contributed by atoms with E-state index in [-0.39, 0.29) is 0 Å². The molecule has 2 aromatic heterocycles. The van der Waals surface area contributed by atoms with E-state index in [0.717, 1.165) is 15.7 Å². The fourth-order valence-electron chi connectivity index (χ4n) is 1.12. The smallest absolute Gasteiger partial charge is 0.129 e. The molecule has 14 heavy (non-hydrogen) atoms. The molecular formula is C8H6BrClN4. The molecule has 0 aromatic carbocycles. The SMILES string of the molecule is Nc1cn[nH]c1-c1cc(Cl)ncc1Br. The van der Waals surface area contributed by atoms with Gasteiger partial charge in [0.05, 0.1) is 17.6 Å². The van der Waals surface area contributed by atoms with Crippen molar-refractivity contribution in [1.29, 1.82) is 0 Å². The summed E-state index contributed by atoms with van der Waals surface area (Å²) in [4.78, 5) is 3.92. The maximum Gasteiger partial charge on any atom is 0.129 e. The molecule has 0 saturated carbocycles. The predicted octanol–water partition coefficient (Wildman–Crippen LogP) is 2.47. The zero-order chi connectivity index (χ0) is 10.1. The summed E-state index contributed by atoms with van der Waals surface area (Å²) in [5.74, 6) is 0. The monoisotopic (exact) mass is 272 g/mol. The second-order valence-corrected chi connectivity index (χ2v) is 3.93. The third-order valence-corrected chi connectivity index (χ3v) is 2.60. The van der Waals surface area contributed by atoms with Gasteiger partial charge in [0.25, 0.3) is 0 Å². The number of nitrogens with one attached hydrogen (secondary N) is 1. The lowest BCUT2D eigenvalue weighted by molar-refractivity contribution is 1.09. The number of nitrogen functional groups attached to an aromatic ring is 1. The first-order chi connectivity index (χ1) is 6.68. The number of hydrogen-bond donors (Lipinski definition) is 2. The van der Waals surface area contributed by atoms with Gasteiger partial charge >= 0.3 is 0 Å². The van der Waals surface area contributed by atoms with Crippen molar-refractivity contribution in [1.82, 2.24) is 15.2 Å². The van der Waals surface area contributed by atoms with Crippen LogP contribution in [0.2, 0.25) is 5.15 Å². The van der Waals surface area contributed by atoms with Crippen LogP contribution in [-0.4, -0.2) is 15.2 Å². The predicted molar refractivity (Wildman–Crippen MR) is 58.9 cm³/mol. The van der Waals surface area contributed by atoms with Crippen LogP contribution in [0, 0.1) is 0 Å². The summed E-state index contributed by atoms with van der Waals surface area (Å²) in [6.07, 6.45) is 3.17. The van der Waals surface area contributed by atoms with Gasteiger partial charge < -0.3 is 5.73 Å². The normalized spacial score (nSPS) is 10.4. The van der Waals surface area contributed by atoms with Gasteiger partial charge in [-0.25, -0.2) is 4.98 Å². The third-order valence-electron chi connectivity index (χ3n) is 1.76. The molecule has 3 N–H and O–H groups in total. The number of nitrogens with zero attached hydrogens (tertiary/aromatic N) is 2. The van der Waals surface area contributed by atoms with Crippen LogP contribution in [0.1, 0.15) is 0 Å². The van der Waals surface area contributed by atoms with Crippen LogP contribution in [0.15, 0.2) is 22.9 Å². The highest BCUT2D eigenvalue weighted by atomic mass is 79.9. The Morgan fingerprint density at radius 1 is 1.43 bits per heavy atom. The molecule has 0 radical (unpaired) electrons. The Labute approximate surface area is 93.6 Å². The van der Waals surface area contributed by atoms with E-state index in [4.69, 9.17) is 17.3 Å². The van der Waals surface area contributed by atoms with Crippen molar-refractivity contribution >= 4 is 33.2 Å². The molecule has 4 nitrogen and oxygen atoms in total. The minimum absolute atomic E-state index is 0.414. The summed E-state index contributed by atoms with van der Waals surface area (Å²) in [6.45, 7) is 0. The molecule has 2 aromatic rings. The molecule has 0 unspecified atom stereocenters. The Morgan fingerprint density at radius 2 is 2.21 bits per heavy atom. The lowest BCUT2D eigenvalue weighted by atomic mass is 10.2. The topological polar surface area (TPSA) is 67.6 Å². The summed E-state index contributed by atoms with van der Waals surface area (Å²) in [7, 11) is 0. The van der Waals surface area contributed by atoms with Crippen LogP contribution >= 0.6 is 27.5 Å². The highest BCUT2D eigenvalue weighted by Crippen LogP contribution is 2.31. The molecule has 2 heterocycles. The average Bonchev–Trinajstić information content (AvgIpc) is 2.56. The molecule has 72 valence electrons. The van der Waals surface area contributed by atoms with Gasteiger partial charge in [0.1, 0.15) is 5.15 Å².